The second kappa shape index (κ2) is 1.94. The van der Waals surface area contributed by atoms with Gasteiger partial charge in [0.1, 0.15) is 11.6 Å². The third-order valence-corrected chi connectivity index (χ3v) is 6.46. The first-order valence-corrected chi connectivity index (χ1v) is 6.33. The zero-order chi connectivity index (χ0) is 9.89. The van der Waals surface area contributed by atoms with Gasteiger partial charge in [-0.1, -0.05) is 0 Å². The number of fused-ring (bicyclic) bond motifs is 2. The molecule has 0 radical (unpaired) electrons. The van der Waals surface area contributed by atoms with Gasteiger partial charge in [0, 0.05) is 24.7 Å². The Balaban J connectivity index is 1.77. The van der Waals surface area contributed by atoms with E-state index in [0.29, 0.717) is 35.2 Å². The molecule has 0 heterocycles. The Labute approximate surface area is 88.4 Å². The highest BCUT2D eigenvalue weighted by molar-refractivity contribution is 5.95. The first-order valence-electron chi connectivity index (χ1n) is 6.33. The minimum Gasteiger partial charge on any atom is -0.299 e. The van der Waals surface area contributed by atoms with Crippen LogP contribution in [0.15, 0.2) is 0 Å². The molecule has 5 fully saturated rings. The SMILES string of the molecule is O=C1CC2C3CC(=O)C4C1C1C2CC3C41. The highest BCUT2D eigenvalue weighted by Crippen LogP contribution is 2.76. The van der Waals surface area contributed by atoms with Crippen LogP contribution in [0.25, 0.3) is 0 Å². The molecule has 5 aliphatic carbocycles. The third-order valence-electron chi connectivity index (χ3n) is 6.46. The average molecular weight is 202 g/mol. The fraction of sp³-hybridized carbons (Fsp3) is 0.846. The topological polar surface area (TPSA) is 34.1 Å². The molecule has 8 atom stereocenters. The molecule has 78 valence electrons. The predicted molar refractivity (Wildman–Crippen MR) is 51.8 cm³/mol. The molecule has 5 aliphatic rings. The van der Waals surface area contributed by atoms with E-state index >= 15 is 0 Å². The lowest BCUT2D eigenvalue weighted by atomic mass is 9.39. The molecular weight excluding hydrogens is 188 g/mol. The number of Topliss-reactive ketones (excluding diaryl/α,β-unsaturated/α-hetero) is 2. The van der Waals surface area contributed by atoms with Crippen LogP contribution in [-0.4, -0.2) is 11.6 Å². The molecule has 0 aliphatic heterocycles. The van der Waals surface area contributed by atoms with Crippen LogP contribution in [0.4, 0.5) is 0 Å². The highest BCUT2D eigenvalue weighted by Gasteiger charge is 2.75. The Morgan fingerprint density at radius 3 is 1.67 bits per heavy atom. The summed E-state index contributed by atoms with van der Waals surface area (Å²) in [5.74, 6) is 5.51. The lowest BCUT2D eigenvalue weighted by Crippen LogP contribution is -2.65. The maximum Gasteiger partial charge on any atom is 0.137 e. The van der Waals surface area contributed by atoms with Gasteiger partial charge in [0.15, 0.2) is 0 Å². The second-order valence-electron chi connectivity index (χ2n) is 6.44. The standard InChI is InChI=1S/C13H14O2/c14-8-2-4-5-3-9(15)13-11-7(5)1-6(4)10(11)12(8)13/h4-7,10-13H,1-3H2. The van der Waals surface area contributed by atoms with Gasteiger partial charge in [-0.15, -0.1) is 0 Å². The van der Waals surface area contributed by atoms with Crippen LogP contribution in [0, 0.1) is 47.3 Å². The fourth-order valence-electron chi connectivity index (χ4n) is 6.27. The molecule has 8 unspecified atom stereocenters. The van der Waals surface area contributed by atoms with Gasteiger partial charge >= 0.3 is 0 Å². The summed E-state index contributed by atoms with van der Waals surface area (Å²) >= 11 is 0. The van der Waals surface area contributed by atoms with Crippen LogP contribution < -0.4 is 0 Å². The number of ketones is 2. The first-order chi connectivity index (χ1) is 7.27. The number of rotatable bonds is 0. The highest BCUT2D eigenvalue weighted by atomic mass is 16.1. The normalized spacial score (nSPS) is 67.5. The van der Waals surface area contributed by atoms with Gasteiger partial charge in [-0.05, 0) is 41.9 Å². The average Bonchev–Trinajstić information content (AvgIpc) is 2.61. The van der Waals surface area contributed by atoms with Crippen molar-refractivity contribution in [1.29, 1.82) is 0 Å². The lowest BCUT2D eigenvalue weighted by molar-refractivity contribution is -0.186. The van der Waals surface area contributed by atoms with E-state index in [1.165, 1.54) is 6.42 Å². The van der Waals surface area contributed by atoms with E-state index < -0.39 is 0 Å². The molecule has 5 rings (SSSR count). The van der Waals surface area contributed by atoms with E-state index in [0.717, 1.165) is 24.7 Å². The third kappa shape index (κ3) is 0.560. The zero-order valence-electron chi connectivity index (χ0n) is 8.56. The Hall–Kier alpha value is -0.660. The maximum absolute atomic E-state index is 12.0. The zero-order valence-corrected chi connectivity index (χ0v) is 8.56. The molecule has 0 spiro atoms. The quantitative estimate of drug-likeness (QED) is 0.593. The van der Waals surface area contributed by atoms with Gasteiger partial charge in [-0.2, -0.15) is 0 Å². The van der Waals surface area contributed by atoms with Crippen molar-refractivity contribution >= 4 is 11.6 Å². The molecule has 2 heteroatoms. The van der Waals surface area contributed by atoms with Crippen molar-refractivity contribution in [2.45, 2.75) is 19.3 Å². The van der Waals surface area contributed by atoms with Gasteiger partial charge in [-0.3, -0.25) is 9.59 Å². The van der Waals surface area contributed by atoms with Crippen LogP contribution in [0.2, 0.25) is 0 Å². The summed E-state index contributed by atoms with van der Waals surface area (Å²) in [5.41, 5.74) is 0. The van der Waals surface area contributed by atoms with E-state index in [1.54, 1.807) is 0 Å². The summed E-state index contributed by atoms with van der Waals surface area (Å²) in [5, 5.41) is 0. The van der Waals surface area contributed by atoms with Gasteiger partial charge in [0.25, 0.3) is 0 Å². The predicted octanol–water partition coefficient (Wildman–Crippen LogP) is 1.29. The van der Waals surface area contributed by atoms with Crippen LogP contribution in [-0.2, 0) is 9.59 Å². The van der Waals surface area contributed by atoms with Gasteiger partial charge in [-0.25, -0.2) is 0 Å². The summed E-state index contributed by atoms with van der Waals surface area (Å²) in [4.78, 5) is 24.0. The minimum atomic E-state index is 0.190. The van der Waals surface area contributed by atoms with Crippen molar-refractivity contribution in [2.24, 2.45) is 47.3 Å². The number of carbonyl (C=O) groups is 2. The second-order valence-corrected chi connectivity index (χ2v) is 6.44. The molecule has 0 aromatic carbocycles. The molecule has 0 N–H and O–H groups in total. The van der Waals surface area contributed by atoms with Crippen molar-refractivity contribution in [1.82, 2.24) is 0 Å². The van der Waals surface area contributed by atoms with Gasteiger partial charge in [0.2, 0.25) is 0 Å². The largest absolute Gasteiger partial charge is 0.299 e. The fourth-order valence-corrected chi connectivity index (χ4v) is 6.27. The number of hydrogen-bond acceptors (Lipinski definition) is 2. The lowest BCUT2D eigenvalue weighted by Gasteiger charge is -2.62. The Morgan fingerprint density at radius 2 is 1.20 bits per heavy atom. The van der Waals surface area contributed by atoms with E-state index in [1.807, 2.05) is 0 Å². The molecule has 0 amide bonds. The smallest absolute Gasteiger partial charge is 0.137 e. The maximum atomic E-state index is 12.0. The Kier molecular flexibility index (Phi) is 0.982. The van der Waals surface area contributed by atoms with Crippen molar-refractivity contribution in [3.63, 3.8) is 0 Å². The molecule has 2 bridgehead atoms. The van der Waals surface area contributed by atoms with Crippen LogP contribution in [0.5, 0.6) is 0 Å². The van der Waals surface area contributed by atoms with Crippen molar-refractivity contribution in [2.75, 3.05) is 0 Å². The molecular formula is C13H14O2. The minimum absolute atomic E-state index is 0.190. The Morgan fingerprint density at radius 1 is 0.733 bits per heavy atom. The summed E-state index contributed by atoms with van der Waals surface area (Å²) in [6.07, 6.45) is 3.01. The number of hydrogen-bond donors (Lipinski definition) is 0. The summed E-state index contributed by atoms with van der Waals surface area (Å²) in [6.45, 7) is 0. The molecule has 2 nitrogen and oxygen atoms in total. The van der Waals surface area contributed by atoms with E-state index in [2.05, 4.69) is 0 Å². The van der Waals surface area contributed by atoms with Crippen LogP contribution in [0.1, 0.15) is 19.3 Å². The van der Waals surface area contributed by atoms with Crippen molar-refractivity contribution < 1.29 is 9.59 Å². The van der Waals surface area contributed by atoms with E-state index in [9.17, 15) is 9.59 Å². The summed E-state index contributed by atoms with van der Waals surface area (Å²) < 4.78 is 0. The van der Waals surface area contributed by atoms with Crippen LogP contribution in [0.3, 0.4) is 0 Å². The monoisotopic (exact) mass is 202 g/mol. The molecule has 15 heavy (non-hydrogen) atoms. The van der Waals surface area contributed by atoms with E-state index in [-0.39, 0.29) is 11.8 Å². The summed E-state index contributed by atoms with van der Waals surface area (Å²) in [7, 11) is 0. The van der Waals surface area contributed by atoms with Crippen LogP contribution >= 0.6 is 0 Å². The van der Waals surface area contributed by atoms with Gasteiger partial charge < -0.3 is 0 Å². The van der Waals surface area contributed by atoms with Gasteiger partial charge in [0.05, 0.1) is 0 Å². The summed E-state index contributed by atoms with van der Waals surface area (Å²) in [6, 6.07) is 0. The van der Waals surface area contributed by atoms with Crippen molar-refractivity contribution in [3.8, 4) is 0 Å². The molecule has 5 saturated carbocycles. The number of carbonyl (C=O) groups excluding carboxylic acids is 2. The van der Waals surface area contributed by atoms with Crippen molar-refractivity contribution in [3.05, 3.63) is 0 Å². The first kappa shape index (κ1) is 7.59. The molecule has 0 aromatic rings. The van der Waals surface area contributed by atoms with E-state index in [4.69, 9.17) is 0 Å². The molecule has 0 aromatic heterocycles. The Bertz CT molecular complexity index is 367. The molecule has 0 saturated heterocycles.